The normalized spacial score (nSPS) is 17.3. The van der Waals surface area contributed by atoms with Gasteiger partial charge in [0.1, 0.15) is 5.15 Å². The van der Waals surface area contributed by atoms with Crippen molar-refractivity contribution in [2.75, 3.05) is 31.2 Å². The van der Waals surface area contributed by atoms with E-state index in [9.17, 15) is 0 Å². The fraction of sp³-hybridized carbons (Fsp3) is 0.636. The van der Waals surface area contributed by atoms with E-state index >= 15 is 0 Å². The summed E-state index contributed by atoms with van der Waals surface area (Å²) in [5.41, 5.74) is 0. The van der Waals surface area contributed by atoms with Gasteiger partial charge < -0.3 is 9.64 Å². The number of nitrogens with zero attached hydrogens (tertiary/aromatic N) is 3. The van der Waals surface area contributed by atoms with Crippen LogP contribution in [0.15, 0.2) is 6.20 Å². The number of halogens is 1. The molecule has 0 saturated carbocycles. The van der Waals surface area contributed by atoms with Crippen molar-refractivity contribution in [1.82, 2.24) is 9.97 Å². The van der Waals surface area contributed by atoms with Gasteiger partial charge in [0, 0.05) is 19.3 Å². The third-order valence-electron chi connectivity index (χ3n) is 2.83. The lowest BCUT2D eigenvalue weighted by molar-refractivity contribution is 0.122. The molecule has 1 saturated heterocycles. The third kappa shape index (κ3) is 2.97. The molecule has 1 aromatic rings. The van der Waals surface area contributed by atoms with Crippen LogP contribution in [-0.2, 0) is 4.74 Å². The molecule has 2 heterocycles. The molecule has 0 radical (unpaired) electrons. The summed E-state index contributed by atoms with van der Waals surface area (Å²) in [4.78, 5) is 11.0. The molecule has 0 aromatic carbocycles. The first-order valence-corrected chi connectivity index (χ1v) is 9.72. The molecular weight excluding hydrogens is 254 g/mol. The highest BCUT2D eigenvalue weighted by Crippen LogP contribution is 2.14. The van der Waals surface area contributed by atoms with Crippen molar-refractivity contribution in [3.63, 3.8) is 0 Å². The van der Waals surface area contributed by atoms with E-state index in [0.717, 1.165) is 37.4 Å². The quantitative estimate of drug-likeness (QED) is 0.604. The first-order chi connectivity index (χ1) is 7.98. The minimum absolute atomic E-state index is 0.612. The molecule has 1 fully saturated rings. The molecule has 17 heavy (non-hydrogen) atoms. The van der Waals surface area contributed by atoms with Crippen LogP contribution in [0.3, 0.4) is 0 Å². The summed E-state index contributed by atoms with van der Waals surface area (Å²) in [7, 11) is -1.45. The largest absolute Gasteiger partial charge is 0.378 e. The zero-order valence-corrected chi connectivity index (χ0v) is 12.3. The molecule has 1 aliphatic rings. The Morgan fingerprint density at radius 3 is 2.47 bits per heavy atom. The van der Waals surface area contributed by atoms with Gasteiger partial charge in [-0.3, -0.25) is 0 Å². The van der Waals surface area contributed by atoms with E-state index in [0.29, 0.717) is 5.15 Å². The van der Waals surface area contributed by atoms with Crippen LogP contribution in [0.1, 0.15) is 0 Å². The lowest BCUT2D eigenvalue weighted by Crippen LogP contribution is -2.41. The molecule has 1 aliphatic heterocycles. The smallest absolute Gasteiger partial charge is 0.226 e. The minimum Gasteiger partial charge on any atom is -0.378 e. The van der Waals surface area contributed by atoms with Crippen LogP contribution in [0, 0.1) is 0 Å². The molecule has 6 heteroatoms. The van der Waals surface area contributed by atoms with Crippen LogP contribution >= 0.6 is 11.6 Å². The molecule has 0 spiro atoms. The summed E-state index contributed by atoms with van der Waals surface area (Å²) in [6.07, 6.45) is 1.90. The van der Waals surface area contributed by atoms with E-state index in [1.165, 1.54) is 0 Å². The molecule has 0 N–H and O–H groups in total. The van der Waals surface area contributed by atoms with Crippen molar-refractivity contribution >= 4 is 30.8 Å². The number of hydrogen-bond donors (Lipinski definition) is 0. The lowest BCUT2D eigenvalue weighted by atomic mass is 10.4. The highest BCUT2D eigenvalue weighted by atomic mass is 35.5. The molecule has 0 unspecified atom stereocenters. The van der Waals surface area contributed by atoms with Gasteiger partial charge in [-0.05, 0) is 5.19 Å². The number of ether oxygens (including phenoxy) is 1. The van der Waals surface area contributed by atoms with Gasteiger partial charge in [0.2, 0.25) is 5.95 Å². The number of rotatable bonds is 2. The van der Waals surface area contributed by atoms with E-state index in [2.05, 4.69) is 34.5 Å². The summed E-state index contributed by atoms with van der Waals surface area (Å²) in [5.74, 6) is 0.723. The van der Waals surface area contributed by atoms with E-state index in [1.54, 1.807) is 0 Å². The molecule has 4 nitrogen and oxygen atoms in total. The number of aromatic nitrogens is 2. The maximum atomic E-state index is 6.26. The second kappa shape index (κ2) is 4.92. The van der Waals surface area contributed by atoms with Gasteiger partial charge >= 0.3 is 0 Å². The fourth-order valence-corrected chi connectivity index (χ4v) is 3.87. The van der Waals surface area contributed by atoms with Crippen LogP contribution in [0.2, 0.25) is 24.8 Å². The van der Waals surface area contributed by atoms with Gasteiger partial charge in [0.05, 0.1) is 21.3 Å². The van der Waals surface area contributed by atoms with Gasteiger partial charge in [-0.2, -0.15) is 0 Å². The second-order valence-corrected chi connectivity index (χ2v) is 10.6. The van der Waals surface area contributed by atoms with Gasteiger partial charge in [-0.25, -0.2) is 9.97 Å². The van der Waals surface area contributed by atoms with E-state index in [4.69, 9.17) is 16.3 Å². The van der Waals surface area contributed by atoms with Gasteiger partial charge in [0.25, 0.3) is 0 Å². The van der Waals surface area contributed by atoms with Crippen molar-refractivity contribution < 1.29 is 4.74 Å². The standard InChI is InChI=1S/C11H18ClN3OSi/c1-17(2,3)9-8-13-11(14-10(9)12)15-4-6-16-7-5-15/h8H,4-7H2,1-3H3. The van der Waals surface area contributed by atoms with E-state index in [1.807, 2.05) is 6.20 Å². The maximum absolute atomic E-state index is 6.26. The number of anilines is 1. The van der Waals surface area contributed by atoms with Crippen LogP contribution in [0.5, 0.6) is 0 Å². The summed E-state index contributed by atoms with van der Waals surface area (Å²) in [6, 6.07) is 0. The van der Waals surface area contributed by atoms with Gasteiger partial charge in [-0.15, -0.1) is 0 Å². The predicted molar refractivity (Wildman–Crippen MR) is 73.1 cm³/mol. The van der Waals surface area contributed by atoms with Crippen LogP contribution in [0.4, 0.5) is 5.95 Å². The predicted octanol–water partition coefficient (Wildman–Crippen LogP) is 1.51. The minimum atomic E-state index is -1.45. The number of hydrogen-bond acceptors (Lipinski definition) is 4. The van der Waals surface area contributed by atoms with Crippen molar-refractivity contribution in [2.24, 2.45) is 0 Å². The highest BCUT2D eigenvalue weighted by molar-refractivity contribution is 6.90. The Labute approximate surface area is 108 Å². The van der Waals surface area contributed by atoms with Crippen LogP contribution < -0.4 is 10.1 Å². The molecular formula is C11H18ClN3OSi. The molecule has 0 amide bonds. The Balaban J connectivity index is 2.24. The average molecular weight is 272 g/mol. The van der Waals surface area contributed by atoms with E-state index < -0.39 is 8.07 Å². The van der Waals surface area contributed by atoms with Gasteiger partial charge in [0.15, 0.2) is 0 Å². The van der Waals surface area contributed by atoms with Crippen molar-refractivity contribution in [3.8, 4) is 0 Å². The Morgan fingerprint density at radius 2 is 1.94 bits per heavy atom. The van der Waals surface area contributed by atoms with Crippen molar-refractivity contribution in [2.45, 2.75) is 19.6 Å². The fourth-order valence-electron chi connectivity index (χ4n) is 1.77. The molecule has 2 rings (SSSR count). The topological polar surface area (TPSA) is 38.2 Å². The number of morpholine rings is 1. The SMILES string of the molecule is C[Si](C)(C)c1cnc(N2CCOCC2)nc1Cl. The zero-order chi connectivity index (χ0) is 12.5. The van der Waals surface area contributed by atoms with Crippen LogP contribution in [0.25, 0.3) is 0 Å². The summed E-state index contributed by atoms with van der Waals surface area (Å²) >= 11 is 6.26. The summed E-state index contributed by atoms with van der Waals surface area (Å²) in [5, 5.41) is 1.73. The first-order valence-electron chi connectivity index (χ1n) is 5.84. The first kappa shape index (κ1) is 12.8. The Bertz CT molecular complexity index is 402. The second-order valence-electron chi connectivity index (χ2n) is 5.22. The van der Waals surface area contributed by atoms with Crippen LogP contribution in [-0.4, -0.2) is 44.3 Å². The zero-order valence-electron chi connectivity index (χ0n) is 10.5. The maximum Gasteiger partial charge on any atom is 0.226 e. The highest BCUT2D eigenvalue weighted by Gasteiger charge is 2.23. The molecule has 94 valence electrons. The van der Waals surface area contributed by atoms with Crippen molar-refractivity contribution in [1.29, 1.82) is 0 Å². The molecule has 0 atom stereocenters. The average Bonchev–Trinajstić information content (AvgIpc) is 2.28. The molecule has 0 aliphatic carbocycles. The Hall–Kier alpha value is -0.653. The van der Waals surface area contributed by atoms with E-state index in [-0.39, 0.29) is 0 Å². The molecule has 0 bridgehead atoms. The summed E-state index contributed by atoms with van der Waals surface area (Å²) in [6.45, 7) is 9.86. The van der Waals surface area contributed by atoms with Crippen molar-refractivity contribution in [3.05, 3.63) is 11.3 Å². The Morgan fingerprint density at radius 1 is 1.29 bits per heavy atom. The monoisotopic (exact) mass is 271 g/mol. The summed E-state index contributed by atoms with van der Waals surface area (Å²) < 4.78 is 5.31. The third-order valence-corrected chi connectivity index (χ3v) is 5.26. The lowest BCUT2D eigenvalue weighted by Gasteiger charge is -2.27. The Kier molecular flexibility index (Phi) is 3.70. The molecule has 1 aromatic heterocycles. The van der Waals surface area contributed by atoms with Gasteiger partial charge in [-0.1, -0.05) is 31.2 Å².